The van der Waals surface area contributed by atoms with Gasteiger partial charge in [0.05, 0.1) is 11.9 Å². The number of primary amides is 1. The Kier molecular flexibility index (Phi) is 6.22. The Labute approximate surface area is 175 Å². The smallest absolute Gasteiger partial charge is 0.419 e. The molecule has 3 rings (SSSR count). The molecular formula is C20H18ClN3O6. The summed E-state index contributed by atoms with van der Waals surface area (Å²) in [5.74, 6) is -2.40. The highest BCUT2D eigenvalue weighted by atomic mass is 35.5. The largest absolute Gasteiger partial charge is 0.452 e. The lowest BCUT2D eigenvalue weighted by Gasteiger charge is -2.13. The number of nitrogens with two attached hydrogens (primary N) is 1. The van der Waals surface area contributed by atoms with Crippen LogP contribution in [0.1, 0.15) is 23.7 Å². The van der Waals surface area contributed by atoms with E-state index in [1.54, 1.807) is 12.1 Å². The van der Waals surface area contributed by atoms with E-state index < -0.39 is 29.6 Å². The van der Waals surface area contributed by atoms with Crippen molar-refractivity contribution in [2.24, 2.45) is 5.73 Å². The molecule has 9 nitrogen and oxygen atoms in total. The summed E-state index contributed by atoms with van der Waals surface area (Å²) >= 11 is 5.87. The van der Waals surface area contributed by atoms with E-state index in [0.29, 0.717) is 27.4 Å². The van der Waals surface area contributed by atoms with Crippen molar-refractivity contribution in [1.82, 2.24) is 4.57 Å². The molecule has 3 N–H and O–H groups in total. The highest BCUT2D eigenvalue weighted by Gasteiger charge is 2.19. The monoisotopic (exact) mass is 431 g/mol. The van der Waals surface area contributed by atoms with Crippen LogP contribution >= 0.6 is 11.6 Å². The molecule has 0 radical (unpaired) electrons. The van der Waals surface area contributed by atoms with E-state index in [-0.39, 0.29) is 13.0 Å². The fraction of sp³-hybridized carbons (Fsp3) is 0.200. The number of aryl methyl sites for hydroxylation is 1. The predicted molar refractivity (Wildman–Crippen MR) is 109 cm³/mol. The molecule has 0 saturated carbocycles. The summed E-state index contributed by atoms with van der Waals surface area (Å²) in [5.41, 5.74) is 6.70. The quantitative estimate of drug-likeness (QED) is 0.551. The van der Waals surface area contributed by atoms with Gasteiger partial charge in [-0.25, -0.2) is 4.79 Å². The third-order valence-electron chi connectivity index (χ3n) is 4.28. The van der Waals surface area contributed by atoms with Gasteiger partial charge in [-0.05, 0) is 43.3 Å². The highest BCUT2D eigenvalue weighted by molar-refractivity contribution is 6.31. The molecule has 156 valence electrons. The van der Waals surface area contributed by atoms with E-state index >= 15 is 0 Å². The van der Waals surface area contributed by atoms with Crippen LogP contribution in [0.15, 0.2) is 51.7 Å². The zero-order chi connectivity index (χ0) is 21.8. The average molecular weight is 432 g/mol. The topological polar surface area (TPSA) is 134 Å². The molecule has 2 amide bonds. The first-order valence-corrected chi connectivity index (χ1v) is 9.31. The summed E-state index contributed by atoms with van der Waals surface area (Å²) in [6.07, 6.45) is -1.20. The lowest BCUT2D eigenvalue weighted by molar-refractivity contribution is -0.153. The predicted octanol–water partition coefficient (Wildman–Crippen LogP) is 2.31. The molecule has 0 aliphatic carbocycles. The molecule has 2 aromatic carbocycles. The number of anilines is 1. The maximum atomic E-state index is 12.2. The number of fused-ring (bicyclic) bond motifs is 1. The van der Waals surface area contributed by atoms with Crippen LogP contribution in [0.5, 0.6) is 0 Å². The zero-order valence-corrected chi connectivity index (χ0v) is 16.6. The van der Waals surface area contributed by atoms with Crippen LogP contribution in [0.4, 0.5) is 5.69 Å². The van der Waals surface area contributed by atoms with Crippen LogP contribution in [-0.4, -0.2) is 28.5 Å². The van der Waals surface area contributed by atoms with E-state index in [9.17, 15) is 19.2 Å². The number of ether oxygens (including phenoxy) is 1. The second kappa shape index (κ2) is 8.83. The normalized spacial score (nSPS) is 11.8. The SMILES string of the molecule is C[C@@H](OC(=O)CCn1c(=O)oc2cc(Cl)ccc21)C(=O)Nc1ccc(C(N)=O)cc1. The minimum Gasteiger partial charge on any atom is -0.452 e. The minimum absolute atomic E-state index is 0.0230. The zero-order valence-electron chi connectivity index (χ0n) is 15.9. The van der Waals surface area contributed by atoms with Gasteiger partial charge in [0.1, 0.15) is 0 Å². The third kappa shape index (κ3) is 4.87. The molecule has 0 bridgehead atoms. The van der Waals surface area contributed by atoms with Crippen LogP contribution in [0.3, 0.4) is 0 Å². The Balaban J connectivity index is 1.55. The molecule has 0 saturated heterocycles. The number of hydrogen-bond acceptors (Lipinski definition) is 6. The van der Waals surface area contributed by atoms with Crippen molar-refractivity contribution in [1.29, 1.82) is 0 Å². The molecule has 1 aromatic heterocycles. The first-order valence-electron chi connectivity index (χ1n) is 8.93. The Morgan fingerprint density at radius 2 is 1.90 bits per heavy atom. The van der Waals surface area contributed by atoms with Gasteiger partial charge in [0.25, 0.3) is 5.91 Å². The van der Waals surface area contributed by atoms with Crippen LogP contribution in [0, 0.1) is 0 Å². The highest BCUT2D eigenvalue weighted by Crippen LogP contribution is 2.18. The summed E-state index contributed by atoms with van der Waals surface area (Å²) in [6, 6.07) is 10.7. The van der Waals surface area contributed by atoms with Gasteiger partial charge >= 0.3 is 11.7 Å². The molecule has 0 aliphatic heterocycles. The van der Waals surface area contributed by atoms with Gasteiger partial charge in [0, 0.05) is 28.9 Å². The van der Waals surface area contributed by atoms with E-state index in [1.165, 1.54) is 41.8 Å². The number of benzene rings is 2. The number of rotatable bonds is 7. The first-order chi connectivity index (χ1) is 14.2. The van der Waals surface area contributed by atoms with Crippen molar-refractivity contribution >= 4 is 46.2 Å². The number of carbonyl (C=O) groups excluding carboxylic acids is 3. The molecule has 0 aliphatic rings. The lowest BCUT2D eigenvalue weighted by atomic mass is 10.2. The van der Waals surface area contributed by atoms with Gasteiger partial charge in [-0.3, -0.25) is 19.0 Å². The van der Waals surface area contributed by atoms with Gasteiger partial charge in [-0.1, -0.05) is 11.6 Å². The lowest BCUT2D eigenvalue weighted by Crippen LogP contribution is -2.30. The summed E-state index contributed by atoms with van der Waals surface area (Å²) in [7, 11) is 0. The van der Waals surface area contributed by atoms with Gasteiger partial charge in [-0.2, -0.15) is 0 Å². The molecule has 10 heteroatoms. The molecule has 30 heavy (non-hydrogen) atoms. The molecule has 0 unspecified atom stereocenters. The molecule has 0 spiro atoms. The standard InChI is InChI=1S/C20H18ClN3O6/c1-11(19(27)23-14-5-2-12(3-6-14)18(22)26)29-17(25)8-9-24-15-7-4-13(21)10-16(15)30-20(24)28/h2-7,10-11H,8-9H2,1H3,(H2,22,26)(H,23,27)/t11-/m1/s1. The molecular weight excluding hydrogens is 414 g/mol. The summed E-state index contributed by atoms with van der Waals surface area (Å²) in [5, 5.41) is 2.99. The van der Waals surface area contributed by atoms with Gasteiger partial charge in [-0.15, -0.1) is 0 Å². The van der Waals surface area contributed by atoms with Crippen LogP contribution in [0.2, 0.25) is 5.02 Å². The van der Waals surface area contributed by atoms with Crippen molar-refractivity contribution in [3.63, 3.8) is 0 Å². The third-order valence-corrected chi connectivity index (χ3v) is 4.52. The van der Waals surface area contributed by atoms with Crippen LogP contribution in [-0.2, 0) is 20.9 Å². The number of halogens is 1. The number of esters is 1. The van der Waals surface area contributed by atoms with Gasteiger partial charge in [0.15, 0.2) is 11.7 Å². The Hall–Kier alpha value is -3.59. The number of nitrogens with zero attached hydrogens (tertiary/aromatic N) is 1. The van der Waals surface area contributed by atoms with E-state index in [0.717, 1.165) is 0 Å². The number of oxazole rings is 1. The van der Waals surface area contributed by atoms with Crippen molar-refractivity contribution in [3.8, 4) is 0 Å². The number of aromatic nitrogens is 1. The van der Waals surface area contributed by atoms with Crippen LogP contribution < -0.4 is 16.8 Å². The van der Waals surface area contributed by atoms with Gasteiger partial charge < -0.3 is 20.2 Å². The fourth-order valence-electron chi connectivity index (χ4n) is 2.73. The second-order valence-electron chi connectivity index (χ2n) is 6.44. The van der Waals surface area contributed by atoms with Crippen LogP contribution in [0.25, 0.3) is 11.1 Å². The van der Waals surface area contributed by atoms with E-state index in [2.05, 4.69) is 5.32 Å². The van der Waals surface area contributed by atoms with Crippen molar-refractivity contribution in [3.05, 3.63) is 63.6 Å². The van der Waals surface area contributed by atoms with Crippen molar-refractivity contribution < 1.29 is 23.5 Å². The minimum atomic E-state index is -1.06. The van der Waals surface area contributed by atoms with Crippen molar-refractivity contribution in [2.45, 2.75) is 26.0 Å². The fourth-order valence-corrected chi connectivity index (χ4v) is 2.89. The number of carbonyl (C=O) groups is 3. The average Bonchev–Trinajstić information content (AvgIpc) is 3.00. The summed E-state index contributed by atoms with van der Waals surface area (Å²) < 4.78 is 11.5. The molecule has 0 fully saturated rings. The Morgan fingerprint density at radius 3 is 2.57 bits per heavy atom. The summed E-state index contributed by atoms with van der Waals surface area (Å²) in [6.45, 7) is 1.45. The maximum Gasteiger partial charge on any atom is 0.419 e. The molecule has 3 aromatic rings. The van der Waals surface area contributed by atoms with E-state index in [4.69, 9.17) is 26.5 Å². The van der Waals surface area contributed by atoms with Crippen molar-refractivity contribution in [2.75, 3.05) is 5.32 Å². The maximum absolute atomic E-state index is 12.2. The number of amides is 2. The molecule has 1 atom stereocenters. The first kappa shape index (κ1) is 21.1. The van der Waals surface area contributed by atoms with E-state index in [1.807, 2.05) is 0 Å². The second-order valence-corrected chi connectivity index (χ2v) is 6.88. The Bertz CT molecular complexity index is 1170. The molecule has 1 heterocycles. The summed E-state index contributed by atoms with van der Waals surface area (Å²) in [4.78, 5) is 47.3. The number of hydrogen-bond donors (Lipinski definition) is 2. The number of nitrogens with one attached hydrogen (secondary N) is 1. The Morgan fingerprint density at radius 1 is 1.20 bits per heavy atom. The van der Waals surface area contributed by atoms with Gasteiger partial charge in [0.2, 0.25) is 5.91 Å².